The van der Waals surface area contributed by atoms with Gasteiger partial charge < -0.3 is 9.26 Å². The third-order valence-electron chi connectivity index (χ3n) is 5.55. The Kier molecular flexibility index (Phi) is 4.52. The molecule has 5 heteroatoms. The van der Waals surface area contributed by atoms with Gasteiger partial charge in [-0.15, -0.1) is 0 Å². The van der Waals surface area contributed by atoms with E-state index in [0.29, 0.717) is 11.7 Å². The first kappa shape index (κ1) is 17.9. The van der Waals surface area contributed by atoms with Gasteiger partial charge in [-0.2, -0.15) is 4.98 Å². The van der Waals surface area contributed by atoms with Crippen LogP contribution in [-0.4, -0.2) is 35.2 Å². The zero-order valence-electron chi connectivity index (χ0n) is 16.6. The largest absolute Gasteiger partial charge is 0.497 e. The molecule has 4 aromatic rings. The molecule has 0 radical (unpaired) electrons. The molecule has 5 nitrogen and oxygen atoms in total. The molecule has 3 aromatic carbocycles. The van der Waals surface area contributed by atoms with E-state index < -0.39 is 0 Å². The zero-order valence-corrected chi connectivity index (χ0v) is 16.6. The Hall–Kier alpha value is -3.18. The van der Waals surface area contributed by atoms with Gasteiger partial charge in [0.25, 0.3) is 5.89 Å². The molecule has 1 aliphatic rings. The molecule has 1 fully saturated rings. The van der Waals surface area contributed by atoms with E-state index in [2.05, 4.69) is 58.4 Å². The lowest BCUT2D eigenvalue weighted by Crippen LogP contribution is -2.44. The van der Waals surface area contributed by atoms with Gasteiger partial charge in [-0.1, -0.05) is 48.5 Å². The summed E-state index contributed by atoms with van der Waals surface area (Å²) in [6, 6.07) is 20.4. The van der Waals surface area contributed by atoms with Crippen LogP contribution >= 0.6 is 0 Å². The number of hydrogen-bond acceptors (Lipinski definition) is 5. The van der Waals surface area contributed by atoms with Crippen LogP contribution in [0.2, 0.25) is 0 Å². The number of nitrogens with zero attached hydrogens (tertiary/aromatic N) is 3. The number of rotatable bonds is 5. The van der Waals surface area contributed by atoms with Crippen LogP contribution in [0, 0.1) is 5.92 Å². The Morgan fingerprint density at radius 2 is 1.76 bits per heavy atom. The summed E-state index contributed by atoms with van der Waals surface area (Å²) in [5.41, 5.74) is 3.21. The van der Waals surface area contributed by atoms with Gasteiger partial charge >= 0.3 is 0 Å². The number of methoxy groups -OCH3 is 1. The van der Waals surface area contributed by atoms with Gasteiger partial charge in [-0.05, 0) is 46.5 Å². The lowest BCUT2D eigenvalue weighted by Gasteiger charge is -2.37. The van der Waals surface area contributed by atoms with Crippen molar-refractivity contribution in [2.75, 3.05) is 20.2 Å². The van der Waals surface area contributed by atoms with E-state index in [1.54, 1.807) is 7.11 Å². The highest BCUT2D eigenvalue weighted by Crippen LogP contribution is 2.32. The average molecular weight is 385 g/mol. The molecule has 2 heterocycles. The van der Waals surface area contributed by atoms with Crippen LogP contribution in [0.25, 0.3) is 33.6 Å². The Morgan fingerprint density at radius 1 is 1.00 bits per heavy atom. The number of hydrogen-bond donors (Lipinski definition) is 0. The van der Waals surface area contributed by atoms with Crippen molar-refractivity contribution in [1.29, 1.82) is 0 Å². The van der Waals surface area contributed by atoms with Crippen LogP contribution in [0.15, 0.2) is 65.2 Å². The van der Waals surface area contributed by atoms with Gasteiger partial charge in [0.15, 0.2) is 0 Å². The van der Waals surface area contributed by atoms with Gasteiger partial charge in [0, 0.05) is 30.8 Å². The molecule has 0 atom stereocenters. The van der Waals surface area contributed by atoms with Gasteiger partial charge in [-0.25, -0.2) is 0 Å². The van der Waals surface area contributed by atoms with Crippen molar-refractivity contribution < 1.29 is 9.26 Å². The Morgan fingerprint density at radius 3 is 2.48 bits per heavy atom. The minimum Gasteiger partial charge on any atom is -0.497 e. The average Bonchev–Trinajstić information content (AvgIpc) is 3.23. The standard InChI is InChI=1S/C24H23N3O2/c1-16-13-27(14-16)15-18-9-12-22(21-6-4-3-5-20(18)21)23-25-24(29-26-23)17-7-10-19(28-2)11-8-17/h3-12,16H,13-15H2,1-2H3. The third-order valence-corrected chi connectivity index (χ3v) is 5.55. The van der Waals surface area contributed by atoms with Crippen LogP contribution in [-0.2, 0) is 6.54 Å². The van der Waals surface area contributed by atoms with E-state index >= 15 is 0 Å². The van der Waals surface area contributed by atoms with E-state index in [9.17, 15) is 0 Å². The summed E-state index contributed by atoms with van der Waals surface area (Å²) < 4.78 is 10.8. The molecule has 0 N–H and O–H groups in total. The van der Waals surface area contributed by atoms with Crippen molar-refractivity contribution in [3.05, 3.63) is 66.2 Å². The molecule has 0 saturated carbocycles. The number of likely N-dealkylation sites (tertiary alicyclic amines) is 1. The predicted molar refractivity (Wildman–Crippen MR) is 114 cm³/mol. The summed E-state index contributed by atoms with van der Waals surface area (Å²) >= 11 is 0. The summed E-state index contributed by atoms with van der Waals surface area (Å²) in [7, 11) is 1.65. The second kappa shape index (κ2) is 7.33. The fraction of sp³-hybridized carbons (Fsp3) is 0.250. The fourth-order valence-electron chi connectivity index (χ4n) is 4.08. The monoisotopic (exact) mass is 385 g/mol. The topological polar surface area (TPSA) is 51.4 Å². The summed E-state index contributed by atoms with van der Waals surface area (Å²) in [5.74, 6) is 2.71. The molecule has 29 heavy (non-hydrogen) atoms. The molecule has 1 aromatic heterocycles. The summed E-state index contributed by atoms with van der Waals surface area (Å²) in [6.07, 6.45) is 0. The van der Waals surface area contributed by atoms with Gasteiger partial charge in [0.2, 0.25) is 5.82 Å². The van der Waals surface area contributed by atoms with Gasteiger partial charge in [0.05, 0.1) is 7.11 Å². The van der Waals surface area contributed by atoms with Crippen molar-refractivity contribution in [3.8, 4) is 28.6 Å². The molecule has 146 valence electrons. The number of aromatic nitrogens is 2. The maximum absolute atomic E-state index is 5.55. The molecule has 5 rings (SSSR count). The number of fused-ring (bicyclic) bond motifs is 1. The van der Waals surface area contributed by atoms with Gasteiger partial charge in [0.1, 0.15) is 5.75 Å². The molecule has 1 saturated heterocycles. The molecular weight excluding hydrogens is 362 g/mol. The van der Waals surface area contributed by atoms with Crippen molar-refractivity contribution >= 4 is 10.8 Å². The fourth-order valence-corrected chi connectivity index (χ4v) is 4.08. The van der Waals surface area contributed by atoms with Crippen LogP contribution < -0.4 is 4.74 Å². The summed E-state index contributed by atoms with van der Waals surface area (Å²) in [4.78, 5) is 7.14. The van der Waals surface area contributed by atoms with Crippen LogP contribution in [0.1, 0.15) is 12.5 Å². The van der Waals surface area contributed by atoms with Gasteiger partial charge in [-0.3, -0.25) is 4.90 Å². The molecule has 0 aliphatic carbocycles. The maximum atomic E-state index is 5.55. The number of benzene rings is 3. The lowest BCUT2D eigenvalue weighted by molar-refractivity contribution is 0.105. The maximum Gasteiger partial charge on any atom is 0.258 e. The van der Waals surface area contributed by atoms with E-state index in [-0.39, 0.29) is 0 Å². The lowest BCUT2D eigenvalue weighted by atomic mass is 9.96. The van der Waals surface area contributed by atoms with E-state index in [0.717, 1.165) is 34.7 Å². The summed E-state index contributed by atoms with van der Waals surface area (Å²) in [6.45, 7) is 5.63. The van der Waals surface area contributed by atoms with Crippen molar-refractivity contribution in [2.24, 2.45) is 5.92 Å². The molecule has 0 unspecified atom stereocenters. The molecule has 0 amide bonds. The third kappa shape index (κ3) is 3.38. The van der Waals surface area contributed by atoms with Crippen molar-refractivity contribution in [1.82, 2.24) is 15.0 Å². The van der Waals surface area contributed by atoms with Crippen LogP contribution in [0.3, 0.4) is 0 Å². The van der Waals surface area contributed by atoms with E-state index in [1.165, 1.54) is 24.0 Å². The quantitative estimate of drug-likeness (QED) is 0.483. The molecule has 0 bridgehead atoms. The summed E-state index contributed by atoms with van der Waals surface area (Å²) in [5, 5.41) is 6.66. The highest BCUT2D eigenvalue weighted by Gasteiger charge is 2.23. The van der Waals surface area contributed by atoms with E-state index in [4.69, 9.17) is 9.26 Å². The first-order chi connectivity index (χ1) is 14.2. The molecular formula is C24H23N3O2. The van der Waals surface area contributed by atoms with Crippen LogP contribution in [0.4, 0.5) is 0 Å². The Balaban J connectivity index is 1.50. The van der Waals surface area contributed by atoms with Crippen molar-refractivity contribution in [3.63, 3.8) is 0 Å². The minimum atomic E-state index is 0.505. The Labute approximate surface area is 169 Å². The first-order valence-corrected chi connectivity index (χ1v) is 9.93. The zero-order chi connectivity index (χ0) is 19.8. The second-order valence-electron chi connectivity index (χ2n) is 7.77. The van der Waals surface area contributed by atoms with Crippen molar-refractivity contribution in [2.45, 2.75) is 13.5 Å². The molecule has 1 aliphatic heterocycles. The van der Waals surface area contributed by atoms with E-state index in [1.807, 2.05) is 24.3 Å². The highest BCUT2D eigenvalue weighted by molar-refractivity contribution is 5.97. The number of ether oxygens (including phenoxy) is 1. The SMILES string of the molecule is COc1ccc(-c2nc(-c3ccc(CN4CC(C)C4)c4ccccc34)no2)cc1. The predicted octanol–water partition coefficient (Wildman–Crippen LogP) is 5.02. The normalized spacial score (nSPS) is 14.8. The minimum absolute atomic E-state index is 0.505. The highest BCUT2D eigenvalue weighted by atomic mass is 16.5. The smallest absolute Gasteiger partial charge is 0.258 e. The molecule has 0 spiro atoms. The second-order valence-corrected chi connectivity index (χ2v) is 7.77. The first-order valence-electron chi connectivity index (χ1n) is 9.93. The Bertz CT molecular complexity index is 1140. The van der Waals surface area contributed by atoms with Crippen LogP contribution in [0.5, 0.6) is 5.75 Å².